The van der Waals surface area contributed by atoms with Crippen LogP contribution in [0.3, 0.4) is 0 Å². The summed E-state index contributed by atoms with van der Waals surface area (Å²) >= 11 is 0. The van der Waals surface area contributed by atoms with Gasteiger partial charge in [-0.05, 0) is 0 Å². The lowest BCUT2D eigenvalue weighted by molar-refractivity contribution is -0.132. The minimum atomic E-state index is -4.15. The van der Waals surface area contributed by atoms with Crippen molar-refractivity contribution in [3.63, 3.8) is 0 Å². The van der Waals surface area contributed by atoms with Gasteiger partial charge in [0, 0.05) is 14.1 Å². The molecule has 1 heterocycles. The second-order valence-electron chi connectivity index (χ2n) is 2.96. The van der Waals surface area contributed by atoms with Crippen molar-refractivity contribution in [2.75, 3.05) is 14.1 Å². The summed E-state index contributed by atoms with van der Waals surface area (Å²) in [7, 11) is -1.50. The normalized spacial score (nSPS) is 18.0. The number of carboxylic acid groups (broad SMARTS) is 1. The molecule has 0 aromatic rings. The van der Waals surface area contributed by atoms with E-state index in [9.17, 15) is 18.0 Å². The average Bonchev–Trinajstić information content (AvgIpc) is 2.39. The molecule has 0 radical (unpaired) electrons. The Bertz CT molecular complexity index is 486. The first-order valence-corrected chi connectivity index (χ1v) is 5.21. The standard InChI is InChI=1S/C7H8N2O5S/c1-9(2)6(10)5-4(7(11)12)3-8-15(5,13)14/h3H,1-2H3,(H,11,12). The number of aliphatic carboxylic acids is 1. The van der Waals surface area contributed by atoms with Gasteiger partial charge < -0.3 is 10.0 Å². The van der Waals surface area contributed by atoms with Gasteiger partial charge in [0.2, 0.25) is 0 Å². The first kappa shape index (κ1) is 11.4. The Morgan fingerprint density at radius 1 is 1.40 bits per heavy atom. The van der Waals surface area contributed by atoms with Crippen molar-refractivity contribution in [1.29, 1.82) is 0 Å². The van der Waals surface area contributed by atoms with Gasteiger partial charge in [0.1, 0.15) is 5.57 Å². The van der Waals surface area contributed by atoms with Crippen molar-refractivity contribution in [2.45, 2.75) is 0 Å². The zero-order valence-corrected chi connectivity index (χ0v) is 8.78. The number of hydrogen-bond acceptors (Lipinski definition) is 4. The highest BCUT2D eigenvalue weighted by Gasteiger charge is 2.36. The lowest BCUT2D eigenvalue weighted by Crippen LogP contribution is -2.27. The van der Waals surface area contributed by atoms with E-state index in [1.165, 1.54) is 14.1 Å². The molecule has 1 amide bonds. The number of amides is 1. The first-order chi connectivity index (χ1) is 6.77. The van der Waals surface area contributed by atoms with Gasteiger partial charge in [0.15, 0.2) is 4.91 Å². The molecule has 0 saturated heterocycles. The van der Waals surface area contributed by atoms with Gasteiger partial charge >= 0.3 is 5.97 Å². The molecular weight excluding hydrogens is 224 g/mol. The van der Waals surface area contributed by atoms with E-state index >= 15 is 0 Å². The van der Waals surface area contributed by atoms with Crippen LogP contribution in [0.5, 0.6) is 0 Å². The molecular formula is C7H8N2O5S. The maximum absolute atomic E-state index is 11.4. The van der Waals surface area contributed by atoms with Crippen molar-refractivity contribution in [3.05, 3.63) is 10.5 Å². The van der Waals surface area contributed by atoms with Gasteiger partial charge in [-0.1, -0.05) is 0 Å². The molecule has 0 fully saturated rings. The van der Waals surface area contributed by atoms with Crippen molar-refractivity contribution in [2.24, 2.45) is 4.40 Å². The molecule has 0 saturated carbocycles. The van der Waals surface area contributed by atoms with Crippen LogP contribution in [-0.2, 0) is 19.6 Å². The van der Waals surface area contributed by atoms with Crippen molar-refractivity contribution in [1.82, 2.24) is 4.90 Å². The number of likely N-dealkylation sites (N-methyl/N-ethyl adjacent to an activating group) is 1. The molecule has 0 spiro atoms. The van der Waals surface area contributed by atoms with Crippen LogP contribution in [0.1, 0.15) is 0 Å². The largest absolute Gasteiger partial charge is 0.478 e. The molecule has 7 nitrogen and oxygen atoms in total. The van der Waals surface area contributed by atoms with Crippen LogP contribution in [0, 0.1) is 0 Å². The SMILES string of the molecule is CN(C)C(=O)C1=C(C(=O)O)C=NS1(=O)=O. The fraction of sp³-hybridized carbons (Fsp3) is 0.286. The second kappa shape index (κ2) is 3.46. The molecule has 1 aliphatic heterocycles. The molecule has 0 bridgehead atoms. The Hall–Kier alpha value is -1.70. The number of rotatable bonds is 2. The first-order valence-electron chi connectivity index (χ1n) is 3.77. The highest BCUT2D eigenvalue weighted by molar-refractivity contribution is 7.95. The molecule has 0 aromatic carbocycles. The van der Waals surface area contributed by atoms with Crippen LogP contribution in [0.2, 0.25) is 0 Å². The van der Waals surface area contributed by atoms with Crippen LogP contribution in [0.25, 0.3) is 0 Å². The highest BCUT2D eigenvalue weighted by Crippen LogP contribution is 2.21. The molecule has 0 atom stereocenters. The lowest BCUT2D eigenvalue weighted by Gasteiger charge is -2.10. The second-order valence-corrected chi connectivity index (χ2v) is 4.53. The third-order valence-electron chi connectivity index (χ3n) is 1.65. The summed E-state index contributed by atoms with van der Waals surface area (Å²) in [6.45, 7) is 0. The van der Waals surface area contributed by atoms with E-state index in [2.05, 4.69) is 4.40 Å². The molecule has 15 heavy (non-hydrogen) atoms. The minimum Gasteiger partial charge on any atom is -0.478 e. The van der Waals surface area contributed by atoms with Crippen LogP contribution in [0.4, 0.5) is 0 Å². The quantitative estimate of drug-likeness (QED) is 0.645. The molecule has 82 valence electrons. The predicted octanol–water partition coefficient (Wildman–Crippen LogP) is -1.17. The maximum Gasteiger partial charge on any atom is 0.338 e. The average molecular weight is 232 g/mol. The summed E-state index contributed by atoms with van der Waals surface area (Å²) in [6, 6.07) is 0. The fourth-order valence-corrected chi connectivity index (χ4v) is 2.12. The Morgan fingerprint density at radius 2 is 1.93 bits per heavy atom. The zero-order chi connectivity index (χ0) is 11.8. The van der Waals surface area contributed by atoms with E-state index in [4.69, 9.17) is 5.11 Å². The number of carbonyl (C=O) groups is 2. The number of carbonyl (C=O) groups excluding carboxylic acids is 1. The Morgan fingerprint density at radius 3 is 2.33 bits per heavy atom. The third-order valence-corrected chi connectivity index (χ3v) is 2.95. The molecule has 0 unspecified atom stereocenters. The van der Waals surface area contributed by atoms with E-state index in [1.807, 2.05) is 0 Å². The van der Waals surface area contributed by atoms with Crippen LogP contribution in [-0.4, -0.2) is 50.6 Å². The van der Waals surface area contributed by atoms with Crippen LogP contribution in [0.15, 0.2) is 14.9 Å². The summed E-state index contributed by atoms with van der Waals surface area (Å²) in [5.74, 6) is -2.39. The Labute approximate surface area is 85.8 Å². The van der Waals surface area contributed by atoms with Gasteiger partial charge in [-0.25, -0.2) is 4.79 Å². The van der Waals surface area contributed by atoms with E-state index in [0.29, 0.717) is 6.21 Å². The lowest BCUT2D eigenvalue weighted by atomic mass is 10.2. The minimum absolute atomic E-state index is 0.603. The highest BCUT2D eigenvalue weighted by atomic mass is 32.2. The van der Waals surface area contributed by atoms with Crippen molar-refractivity contribution < 1.29 is 23.1 Å². The molecule has 1 N–H and O–H groups in total. The van der Waals surface area contributed by atoms with E-state index in [0.717, 1.165) is 4.90 Å². The molecule has 0 aromatic heterocycles. The Balaban J connectivity index is 3.40. The van der Waals surface area contributed by atoms with Gasteiger partial charge in [-0.2, -0.15) is 12.8 Å². The van der Waals surface area contributed by atoms with Gasteiger partial charge in [-0.3, -0.25) is 4.79 Å². The summed E-state index contributed by atoms with van der Waals surface area (Å²) in [5, 5.41) is 8.66. The topological polar surface area (TPSA) is 104 Å². The van der Waals surface area contributed by atoms with Crippen LogP contribution >= 0.6 is 0 Å². The van der Waals surface area contributed by atoms with Crippen molar-refractivity contribution in [3.8, 4) is 0 Å². The Kier molecular flexibility index (Phi) is 2.63. The molecule has 8 heteroatoms. The number of carboxylic acids is 1. The fourth-order valence-electron chi connectivity index (χ4n) is 0.953. The van der Waals surface area contributed by atoms with Gasteiger partial charge in [-0.15, -0.1) is 0 Å². The third kappa shape index (κ3) is 1.89. The molecule has 1 aliphatic rings. The zero-order valence-electron chi connectivity index (χ0n) is 7.96. The smallest absolute Gasteiger partial charge is 0.338 e. The summed E-state index contributed by atoms with van der Waals surface area (Å²) in [6.07, 6.45) is 0.661. The number of hydrogen-bond donors (Lipinski definition) is 1. The number of sulfonamides is 1. The molecule has 1 rings (SSSR count). The summed E-state index contributed by atoms with van der Waals surface area (Å²) in [4.78, 5) is 22.2. The van der Waals surface area contributed by atoms with E-state index < -0.39 is 32.4 Å². The maximum atomic E-state index is 11.4. The predicted molar refractivity (Wildman–Crippen MR) is 50.8 cm³/mol. The molecule has 0 aliphatic carbocycles. The van der Waals surface area contributed by atoms with Crippen molar-refractivity contribution >= 4 is 28.1 Å². The monoisotopic (exact) mass is 232 g/mol. The summed E-state index contributed by atoms with van der Waals surface area (Å²) in [5.41, 5.74) is -0.603. The van der Waals surface area contributed by atoms with E-state index in [-0.39, 0.29) is 0 Å². The van der Waals surface area contributed by atoms with Gasteiger partial charge in [0.05, 0.1) is 6.21 Å². The summed E-state index contributed by atoms with van der Waals surface area (Å²) < 4.78 is 25.5. The van der Waals surface area contributed by atoms with Gasteiger partial charge in [0.25, 0.3) is 15.9 Å². The van der Waals surface area contributed by atoms with Crippen LogP contribution < -0.4 is 0 Å². The number of nitrogens with zero attached hydrogens (tertiary/aromatic N) is 2. The van der Waals surface area contributed by atoms with E-state index in [1.54, 1.807) is 0 Å².